The van der Waals surface area contributed by atoms with Gasteiger partial charge in [0.2, 0.25) is 5.91 Å². The number of carbonyl (C=O) groups excluding carboxylic acids is 1. The Balaban J connectivity index is 1.54. The van der Waals surface area contributed by atoms with Crippen LogP contribution in [-0.2, 0) is 11.3 Å². The molecule has 0 saturated carbocycles. The molecule has 0 N–H and O–H groups in total. The van der Waals surface area contributed by atoms with E-state index in [1.54, 1.807) is 11.3 Å². The van der Waals surface area contributed by atoms with Crippen molar-refractivity contribution in [1.29, 1.82) is 0 Å². The van der Waals surface area contributed by atoms with Crippen LogP contribution in [0.3, 0.4) is 0 Å². The van der Waals surface area contributed by atoms with Gasteiger partial charge in [0.05, 0.1) is 12.6 Å². The van der Waals surface area contributed by atoms with E-state index in [0.717, 1.165) is 57.8 Å². The van der Waals surface area contributed by atoms with E-state index in [1.807, 2.05) is 6.92 Å². The van der Waals surface area contributed by atoms with Crippen molar-refractivity contribution >= 4 is 17.2 Å². The summed E-state index contributed by atoms with van der Waals surface area (Å²) in [5.74, 6) is 0.346. The van der Waals surface area contributed by atoms with Crippen LogP contribution in [0.15, 0.2) is 5.38 Å². The van der Waals surface area contributed by atoms with Crippen molar-refractivity contribution in [3.63, 3.8) is 0 Å². The quantitative estimate of drug-likeness (QED) is 0.846. The number of carbonyl (C=O) groups is 1. The fraction of sp³-hybridized carbons (Fsp3) is 0.765. The van der Waals surface area contributed by atoms with E-state index in [-0.39, 0.29) is 6.04 Å². The van der Waals surface area contributed by atoms with Gasteiger partial charge in [-0.1, -0.05) is 6.42 Å². The number of hydrogen-bond acceptors (Lipinski definition) is 5. The van der Waals surface area contributed by atoms with Gasteiger partial charge in [0.15, 0.2) is 0 Å². The number of likely N-dealkylation sites (tertiary alicyclic amines) is 1. The van der Waals surface area contributed by atoms with Crippen LogP contribution in [0.25, 0.3) is 0 Å². The Labute approximate surface area is 143 Å². The molecule has 6 heteroatoms. The van der Waals surface area contributed by atoms with Gasteiger partial charge in [0, 0.05) is 37.3 Å². The van der Waals surface area contributed by atoms with E-state index in [1.165, 1.54) is 17.8 Å². The molecule has 0 radical (unpaired) electrons. The molecule has 0 aromatic carbocycles. The summed E-state index contributed by atoms with van der Waals surface area (Å²) in [5.41, 5.74) is 1.11. The van der Waals surface area contributed by atoms with E-state index < -0.39 is 0 Å². The summed E-state index contributed by atoms with van der Waals surface area (Å²) in [6.07, 6.45) is 4.49. The Bertz CT molecular complexity index is 532. The summed E-state index contributed by atoms with van der Waals surface area (Å²) >= 11 is 1.74. The zero-order valence-electron chi connectivity index (χ0n) is 14.3. The fourth-order valence-corrected chi connectivity index (χ4v) is 4.43. The number of hydrogen-bond donors (Lipinski definition) is 0. The van der Waals surface area contributed by atoms with Gasteiger partial charge in [0.25, 0.3) is 0 Å². The Morgan fingerprint density at radius 1 is 1.22 bits per heavy atom. The van der Waals surface area contributed by atoms with Crippen molar-refractivity contribution in [2.24, 2.45) is 0 Å². The molecule has 2 aliphatic rings. The van der Waals surface area contributed by atoms with Crippen molar-refractivity contribution in [1.82, 2.24) is 19.7 Å². The SMILES string of the molecule is Cc1csc(CN2CCCN(C(=O)C3CCCCN3C)CC2)n1. The van der Waals surface area contributed by atoms with E-state index in [4.69, 9.17) is 0 Å². The number of aryl methyl sites for hydroxylation is 1. The third-order valence-electron chi connectivity index (χ3n) is 4.98. The molecule has 2 fully saturated rings. The summed E-state index contributed by atoms with van der Waals surface area (Å²) < 4.78 is 0. The van der Waals surface area contributed by atoms with Crippen molar-refractivity contribution in [3.8, 4) is 0 Å². The predicted molar refractivity (Wildman–Crippen MR) is 93.6 cm³/mol. The second-order valence-corrected chi connectivity index (χ2v) is 7.77. The highest BCUT2D eigenvalue weighted by Gasteiger charge is 2.30. The van der Waals surface area contributed by atoms with Crippen molar-refractivity contribution in [2.45, 2.75) is 45.2 Å². The van der Waals surface area contributed by atoms with Gasteiger partial charge in [-0.2, -0.15) is 0 Å². The average molecular weight is 337 g/mol. The highest BCUT2D eigenvalue weighted by Crippen LogP contribution is 2.19. The highest BCUT2D eigenvalue weighted by atomic mass is 32.1. The highest BCUT2D eigenvalue weighted by molar-refractivity contribution is 7.09. The molecule has 128 valence electrons. The van der Waals surface area contributed by atoms with Crippen molar-refractivity contribution < 1.29 is 4.79 Å². The molecule has 1 aromatic rings. The van der Waals surface area contributed by atoms with Crippen molar-refractivity contribution in [3.05, 3.63) is 16.1 Å². The predicted octanol–water partition coefficient (Wildman–Crippen LogP) is 1.97. The third-order valence-corrected chi connectivity index (χ3v) is 5.93. The van der Waals surface area contributed by atoms with E-state index >= 15 is 0 Å². The van der Waals surface area contributed by atoms with Crippen LogP contribution < -0.4 is 0 Å². The molecule has 23 heavy (non-hydrogen) atoms. The zero-order chi connectivity index (χ0) is 16.2. The minimum Gasteiger partial charge on any atom is -0.340 e. The normalized spacial score (nSPS) is 24.6. The second kappa shape index (κ2) is 7.73. The zero-order valence-corrected chi connectivity index (χ0v) is 15.1. The topological polar surface area (TPSA) is 39.7 Å². The molecule has 2 saturated heterocycles. The molecule has 3 heterocycles. The van der Waals surface area contributed by atoms with Gasteiger partial charge in [-0.25, -0.2) is 4.98 Å². The second-order valence-electron chi connectivity index (χ2n) is 6.83. The van der Waals surface area contributed by atoms with Crippen LogP contribution in [0.4, 0.5) is 0 Å². The molecule has 2 aliphatic heterocycles. The minimum absolute atomic E-state index is 0.108. The van der Waals surface area contributed by atoms with Crippen LogP contribution in [0.1, 0.15) is 36.4 Å². The lowest BCUT2D eigenvalue weighted by Gasteiger charge is -2.35. The number of nitrogens with zero attached hydrogens (tertiary/aromatic N) is 4. The molecule has 0 aliphatic carbocycles. The summed E-state index contributed by atoms with van der Waals surface area (Å²) in [4.78, 5) is 24.2. The lowest BCUT2D eigenvalue weighted by molar-refractivity contribution is -0.137. The Hall–Kier alpha value is -0.980. The van der Waals surface area contributed by atoms with Gasteiger partial charge in [-0.3, -0.25) is 14.6 Å². The standard InChI is InChI=1S/C17H28N4OS/c1-14-13-23-16(18-14)12-20-8-5-9-21(11-10-20)17(22)15-6-3-4-7-19(15)2/h13,15H,3-12H2,1-2H3. The van der Waals surface area contributed by atoms with Crippen molar-refractivity contribution in [2.75, 3.05) is 39.8 Å². The van der Waals surface area contributed by atoms with E-state index in [2.05, 4.69) is 32.1 Å². The molecule has 1 atom stereocenters. The maximum Gasteiger partial charge on any atom is 0.239 e. The number of piperidine rings is 1. The molecule has 1 amide bonds. The molecule has 1 unspecified atom stereocenters. The summed E-state index contributed by atoms with van der Waals surface area (Å²) in [5, 5.41) is 3.30. The molecular weight excluding hydrogens is 308 g/mol. The van der Waals surface area contributed by atoms with Crippen LogP contribution in [0, 0.1) is 6.92 Å². The third kappa shape index (κ3) is 4.31. The van der Waals surface area contributed by atoms with Crippen LogP contribution in [0.2, 0.25) is 0 Å². The van der Waals surface area contributed by atoms with Gasteiger partial charge >= 0.3 is 0 Å². The number of amides is 1. The maximum atomic E-state index is 12.8. The Morgan fingerprint density at radius 3 is 2.83 bits per heavy atom. The first kappa shape index (κ1) is 16.9. The molecule has 5 nitrogen and oxygen atoms in total. The van der Waals surface area contributed by atoms with Gasteiger partial charge in [-0.15, -0.1) is 11.3 Å². The average Bonchev–Trinajstić information content (AvgIpc) is 2.81. The molecule has 1 aromatic heterocycles. The maximum absolute atomic E-state index is 12.8. The number of aromatic nitrogens is 1. The fourth-order valence-electron chi connectivity index (χ4n) is 3.61. The molecule has 3 rings (SSSR count). The number of likely N-dealkylation sites (N-methyl/N-ethyl adjacent to an activating group) is 1. The largest absolute Gasteiger partial charge is 0.340 e. The van der Waals surface area contributed by atoms with Crippen LogP contribution in [-0.4, -0.2) is 71.4 Å². The molecule has 0 bridgehead atoms. The van der Waals surface area contributed by atoms with E-state index in [9.17, 15) is 4.79 Å². The van der Waals surface area contributed by atoms with Crippen LogP contribution in [0.5, 0.6) is 0 Å². The summed E-state index contributed by atoms with van der Waals surface area (Å²) in [6, 6.07) is 0.108. The minimum atomic E-state index is 0.108. The molecule has 0 spiro atoms. The first-order chi connectivity index (χ1) is 11.1. The van der Waals surface area contributed by atoms with Crippen LogP contribution >= 0.6 is 11.3 Å². The monoisotopic (exact) mass is 336 g/mol. The molecular formula is C17H28N4OS. The number of thiazole rings is 1. The lowest BCUT2D eigenvalue weighted by atomic mass is 10.0. The summed E-state index contributed by atoms with van der Waals surface area (Å²) in [6.45, 7) is 7.79. The van der Waals surface area contributed by atoms with Gasteiger partial charge in [0.1, 0.15) is 5.01 Å². The lowest BCUT2D eigenvalue weighted by Crippen LogP contribution is -2.50. The Morgan fingerprint density at radius 2 is 2.09 bits per heavy atom. The number of rotatable bonds is 3. The first-order valence-corrected chi connectivity index (χ1v) is 9.64. The first-order valence-electron chi connectivity index (χ1n) is 8.76. The Kier molecular flexibility index (Phi) is 5.67. The van der Waals surface area contributed by atoms with Gasteiger partial charge < -0.3 is 4.90 Å². The van der Waals surface area contributed by atoms with Gasteiger partial charge in [-0.05, 0) is 39.8 Å². The van der Waals surface area contributed by atoms with E-state index in [0.29, 0.717) is 5.91 Å². The smallest absolute Gasteiger partial charge is 0.239 e. The summed E-state index contributed by atoms with van der Waals surface area (Å²) in [7, 11) is 2.09.